The second kappa shape index (κ2) is 7.40. The third kappa shape index (κ3) is 4.75. The summed E-state index contributed by atoms with van der Waals surface area (Å²) in [4.78, 5) is 23.8. The summed E-state index contributed by atoms with van der Waals surface area (Å²) >= 11 is 18.9. The Morgan fingerprint density at radius 3 is 2.39 bits per heavy atom. The molecule has 0 radical (unpaired) electrons. The fourth-order valence-corrected chi connectivity index (χ4v) is 2.71. The van der Waals surface area contributed by atoms with Gasteiger partial charge in [0.25, 0.3) is 5.91 Å². The Labute approximate surface area is 151 Å². The number of amides is 1. The van der Waals surface area contributed by atoms with Crippen LogP contribution >= 0.6 is 46.1 Å². The number of hydrogen-bond donors (Lipinski definition) is 3. The predicted octanol–water partition coefficient (Wildman–Crippen LogP) is 3.98. The van der Waals surface area contributed by atoms with Gasteiger partial charge in [0.2, 0.25) is 3.79 Å². The van der Waals surface area contributed by atoms with E-state index in [0.29, 0.717) is 4.88 Å². The lowest BCUT2D eigenvalue weighted by atomic mass is 10.2. The average Bonchev–Trinajstić information content (AvgIpc) is 3.00. The topological polar surface area (TPSA) is 78.4 Å². The van der Waals surface area contributed by atoms with Crippen LogP contribution in [0.1, 0.15) is 20.0 Å². The van der Waals surface area contributed by atoms with Gasteiger partial charge in [0.15, 0.2) is 0 Å². The molecule has 2 aromatic rings. The second-order valence-corrected chi connectivity index (χ2v) is 7.74. The maximum absolute atomic E-state index is 12.1. The number of rotatable bonds is 5. The van der Waals surface area contributed by atoms with Crippen molar-refractivity contribution in [1.29, 1.82) is 0 Å². The van der Waals surface area contributed by atoms with Crippen molar-refractivity contribution in [2.75, 3.05) is 5.32 Å². The van der Waals surface area contributed by atoms with Gasteiger partial charge in [-0.3, -0.25) is 4.79 Å². The summed E-state index contributed by atoms with van der Waals surface area (Å²) in [6.07, 6.45) is -1.12. The van der Waals surface area contributed by atoms with E-state index in [-0.39, 0.29) is 11.3 Å². The van der Waals surface area contributed by atoms with Gasteiger partial charge in [0, 0.05) is 0 Å². The second-order valence-electron chi connectivity index (χ2n) is 4.42. The molecule has 2 rings (SSSR count). The van der Waals surface area contributed by atoms with Gasteiger partial charge in [-0.05, 0) is 23.6 Å². The van der Waals surface area contributed by atoms with Crippen molar-refractivity contribution in [3.05, 3.63) is 52.2 Å². The quantitative estimate of drug-likeness (QED) is 0.530. The first-order valence-electron chi connectivity index (χ1n) is 6.29. The Bertz CT molecular complexity index is 702. The molecule has 23 heavy (non-hydrogen) atoms. The zero-order valence-corrected chi connectivity index (χ0v) is 14.5. The molecule has 0 aliphatic carbocycles. The van der Waals surface area contributed by atoms with Crippen molar-refractivity contribution in [2.45, 2.75) is 9.96 Å². The summed E-state index contributed by atoms with van der Waals surface area (Å²) in [6, 6.07) is 9.47. The third-order valence-corrected chi connectivity index (χ3v) is 4.33. The minimum atomic E-state index is -1.89. The lowest BCUT2D eigenvalue weighted by Gasteiger charge is -2.27. The monoisotopic (exact) mass is 392 g/mol. The molecule has 0 spiro atoms. The normalized spacial score (nSPS) is 12.5. The molecule has 0 saturated heterocycles. The fraction of sp³-hybridized carbons (Fsp3) is 0.143. The van der Waals surface area contributed by atoms with Crippen molar-refractivity contribution >= 4 is 63.7 Å². The summed E-state index contributed by atoms with van der Waals surface area (Å²) in [5.41, 5.74) is 0.222. The number of anilines is 1. The van der Waals surface area contributed by atoms with Gasteiger partial charge in [-0.25, -0.2) is 4.79 Å². The first-order valence-corrected chi connectivity index (χ1v) is 8.30. The molecule has 0 aliphatic heterocycles. The Morgan fingerprint density at radius 1 is 1.13 bits per heavy atom. The van der Waals surface area contributed by atoms with Gasteiger partial charge in [0.1, 0.15) is 6.17 Å². The number of carboxylic acids is 1. The van der Waals surface area contributed by atoms with Crippen LogP contribution in [0.4, 0.5) is 5.69 Å². The van der Waals surface area contributed by atoms with Crippen LogP contribution in [0.15, 0.2) is 41.8 Å². The summed E-state index contributed by atoms with van der Waals surface area (Å²) in [6.45, 7) is 0. The number of hydrogen-bond acceptors (Lipinski definition) is 4. The van der Waals surface area contributed by atoms with Gasteiger partial charge in [-0.1, -0.05) is 53.0 Å². The summed E-state index contributed by atoms with van der Waals surface area (Å²) in [5, 5.41) is 16.2. The Hall–Kier alpha value is -1.47. The predicted molar refractivity (Wildman–Crippen MR) is 92.9 cm³/mol. The Kier molecular flexibility index (Phi) is 5.75. The van der Waals surface area contributed by atoms with Crippen molar-refractivity contribution in [2.24, 2.45) is 0 Å². The molecule has 0 bridgehead atoms. The van der Waals surface area contributed by atoms with E-state index in [0.717, 1.165) is 0 Å². The van der Waals surface area contributed by atoms with Gasteiger partial charge in [0.05, 0.1) is 16.1 Å². The van der Waals surface area contributed by atoms with Crippen molar-refractivity contribution in [3.8, 4) is 0 Å². The molecule has 5 nitrogen and oxygen atoms in total. The molecular formula is C14H11Cl3N2O3S. The minimum absolute atomic E-state index is 0.00266. The number of carboxylic acid groups (broad SMARTS) is 1. The summed E-state index contributed by atoms with van der Waals surface area (Å²) < 4.78 is -1.89. The number of thiophene rings is 1. The first-order chi connectivity index (χ1) is 10.8. The van der Waals surface area contributed by atoms with Crippen molar-refractivity contribution < 1.29 is 14.7 Å². The van der Waals surface area contributed by atoms with Crippen LogP contribution in [0.3, 0.4) is 0 Å². The third-order valence-electron chi connectivity index (χ3n) is 2.81. The molecule has 1 heterocycles. The molecule has 3 N–H and O–H groups in total. The molecule has 0 aliphatic rings. The lowest BCUT2D eigenvalue weighted by molar-refractivity contribution is 0.0697. The van der Waals surface area contributed by atoms with E-state index in [1.807, 2.05) is 0 Å². The highest BCUT2D eigenvalue weighted by molar-refractivity contribution is 7.12. The molecule has 0 unspecified atom stereocenters. The summed E-state index contributed by atoms with van der Waals surface area (Å²) in [5.74, 6) is -1.57. The highest BCUT2D eigenvalue weighted by Crippen LogP contribution is 2.32. The largest absolute Gasteiger partial charge is 0.478 e. The molecule has 1 atom stereocenters. The highest BCUT2D eigenvalue weighted by Gasteiger charge is 2.35. The molecule has 0 fully saturated rings. The zero-order chi connectivity index (χ0) is 17.0. The smallest absolute Gasteiger partial charge is 0.337 e. The van der Waals surface area contributed by atoms with Gasteiger partial charge >= 0.3 is 5.97 Å². The number of carbonyl (C=O) groups excluding carboxylic acids is 1. The van der Waals surface area contributed by atoms with Crippen LogP contribution in [0.5, 0.6) is 0 Å². The first kappa shape index (κ1) is 17.9. The molecule has 1 amide bonds. The summed E-state index contributed by atoms with van der Waals surface area (Å²) in [7, 11) is 0. The van der Waals surface area contributed by atoms with Crippen LogP contribution in [-0.4, -0.2) is 26.9 Å². The van der Waals surface area contributed by atoms with Gasteiger partial charge < -0.3 is 15.7 Å². The zero-order valence-electron chi connectivity index (χ0n) is 11.4. The number of carbonyl (C=O) groups is 2. The van der Waals surface area contributed by atoms with E-state index < -0.39 is 21.8 Å². The molecule has 0 saturated carbocycles. The van der Waals surface area contributed by atoms with E-state index in [2.05, 4.69) is 10.6 Å². The van der Waals surface area contributed by atoms with Gasteiger partial charge in [-0.15, -0.1) is 11.3 Å². The highest BCUT2D eigenvalue weighted by atomic mass is 35.6. The lowest BCUT2D eigenvalue weighted by Crippen LogP contribution is -2.49. The van der Waals surface area contributed by atoms with E-state index in [1.165, 1.54) is 23.5 Å². The van der Waals surface area contributed by atoms with Crippen LogP contribution < -0.4 is 10.6 Å². The van der Waals surface area contributed by atoms with E-state index in [1.54, 1.807) is 29.6 Å². The Morgan fingerprint density at radius 2 is 1.83 bits per heavy atom. The molecule has 1 aromatic heterocycles. The number of alkyl halides is 3. The maximum atomic E-state index is 12.1. The van der Waals surface area contributed by atoms with Crippen molar-refractivity contribution in [3.63, 3.8) is 0 Å². The number of para-hydroxylation sites is 1. The van der Waals surface area contributed by atoms with Crippen molar-refractivity contribution in [1.82, 2.24) is 5.32 Å². The number of nitrogens with one attached hydrogen (secondary N) is 2. The van der Waals surface area contributed by atoms with Gasteiger partial charge in [-0.2, -0.15) is 0 Å². The average molecular weight is 394 g/mol. The van der Waals surface area contributed by atoms with E-state index in [4.69, 9.17) is 34.8 Å². The minimum Gasteiger partial charge on any atom is -0.478 e. The number of benzene rings is 1. The molecule has 122 valence electrons. The standard InChI is InChI=1S/C14H11Cl3N2O3S/c15-14(16,17)13(19-11(20)10-6-3-7-23-10)18-9-5-2-1-4-8(9)12(21)22/h1-7,13,18H,(H,19,20)(H,21,22)/t13-/m0/s1. The van der Waals surface area contributed by atoms with Crippen LogP contribution in [-0.2, 0) is 0 Å². The van der Waals surface area contributed by atoms with Crippen LogP contribution in [0.2, 0.25) is 0 Å². The number of halogens is 3. The van der Waals surface area contributed by atoms with E-state index in [9.17, 15) is 14.7 Å². The Balaban J connectivity index is 2.24. The molecule has 1 aromatic carbocycles. The van der Waals surface area contributed by atoms with Crippen LogP contribution in [0.25, 0.3) is 0 Å². The molecular weight excluding hydrogens is 383 g/mol. The number of aromatic carboxylic acids is 1. The maximum Gasteiger partial charge on any atom is 0.337 e. The van der Waals surface area contributed by atoms with Crippen LogP contribution in [0, 0.1) is 0 Å². The van der Waals surface area contributed by atoms with E-state index >= 15 is 0 Å². The molecule has 9 heteroatoms. The fourth-order valence-electron chi connectivity index (χ4n) is 1.76. The SMILES string of the molecule is O=C(N[C@H](Nc1ccccc1C(=O)O)C(Cl)(Cl)Cl)c1cccs1.